The van der Waals surface area contributed by atoms with Crippen molar-refractivity contribution in [1.29, 1.82) is 0 Å². The molecule has 0 saturated carbocycles. The summed E-state index contributed by atoms with van der Waals surface area (Å²) < 4.78 is 10.7. The summed E-state index contributed by atoms with van der Waals surface area (Å²) in [7, 11) is 1.45. The molecule has 1 aromatic heterocycles. The van der Waals surface area contributed by atoms with E-state index in [1.807, 2.05) is 4.90 Å². The van der Waals surface area contributed by atoms with Crippen LogP contribution in [0.15, 0.2) is 30.3 Å². The maximum atomic E-state index is 13.0. The lowest BCUT2D eigenvalue weighted by molar-refractivity contribution is -0.140. The molecule has 0 bridgehead atoms. The van der Waals surface area contributed by atoms with Crippen LogP contribution in [-0.2, 0) is 33.6 Å². The Kier molecular flexibility index (Phi) is 8.27. The number of amides is 1. The van der Waals surface area contributed by atoms with E-state index in [0.717, 1.165) is 94.9 Å². The van der Waals surface area contributed by atoms with Gasteiger partial charge in [-0.1, -0.05) is 18.2 Å². The van der Waals surface area contributed by atoms with E-state index >= 15 is 0 Å². The van der Waals surface area contributed by atoms with Gasteiger partial charge in [0.25, 0.3) is 0 Å². The van der Waals surface area contributed by atoms with Crippen LogP contribution in [0.1, 0.15) is 73.2 Å². The number of aryl methyl sites for hydroxylation is 2. The second-order valence-corrected chi connectivity index (χ2v) is 10.6. The maximum absolute atomic E-state index is 13.0. The minimum absolute atomic E-state index is 0.167. The zero-order valence-corrected chi connectivity index (χ0v) is 22.0. The van der Waals surface area contributed by atoms with Crippen LogP contribution in [0.2, 0.25) is 0 Å². The van der Waals surface area contributed by atoms with Crippen LogP contribution in [0, 0.1) is 5.92 Å². The van der Waals surface area contributed by atoms with Gasteiger partial charge in [0.2, 0.25) is 5.91 Å². The van der Waals surface area contributed by atoms with E-state index in [9.17, 15) is 9.59 Å². The molecule has 1 atom stereocenters. The molecule has 5 rings (SSSR count). The first-order valence-corrected chi connectivity index (χ1v) is 13.9. The van der Waals surface area contributed by atoms with Crippen molar-refractivity contribution >= 4 is 17.7 Å². The van der Waals surface area contributed by atoms with Crippen LogP contribution in [0.4, 0.5) is 5.82 Å². The normalized spacial score (nSPS) is 17.8. The SMILES string of the molecule is COC(=O)CCC(c1ccc2c(c1)OCC2)C1CCN(C(=O)CCCc2ccc3c(n2)NCCC3)CC1. The quantitative estimate of drug-likeness (QED) is 0.499. The first-order valence-electron chi connectivity index (χ1n) is 13.9. The Morgan fingerprint density at radius 2 is 1.97 bits per heavy atom. The van der Waals surface area contributed by atoms with Gasteiger partial charge in [-0.05, 0) is 85.6 Å². The zero-order valence-electron chi connectivity index (χ0n) is 22.0. The van der Waals surface area contributed by atoms with Crippen LogP contribution in [0.5, 0.6) is 5.75 Å². The molecule has 1 unspecified atom stereocenters. The van der Waals surface area contributed by atoms with Crippen molar-refractivity contribution in [2.75, 3.05) is 38.7 Å². The van der Waals surface area contributed by atoms with Gasteiger partial charge in [-0.2, -0.15) is 0 Å². The Morgan fingerprint density at radius 3 is 2.81 bits per heavy atom. The average Bonchev–Trinajstić information content (AvgIpc) is 3.41. The summed E-state index contributed by atoms with van der Waals surface area (Å²) >= 11 is 0. The van der Waals surface area contributed by atoms with Gasteiger partial charge in [0.1, 0.15) is 11.6 Å². The molecule has 0 spiro atoms. The summed E-state index contributed by atoms with van der Waals surface area (Å²) in [6.45, 7) is 3.29. The number of fused-ring (bicyclic) bond motifs is 2. The van der Waals surface area contributed by atoms with Crippen LogP contribution < -0.4 is 10.1 Å². The molecule has 1 amide bonds. The molecular weight excluding hydrogens is 466 g/mol. The van der Waals surface area contributed by atoms with Gasteiger partial charge in [0.05, 0.1) is 13.7 Å². The third-order valence-electron chi connectivity index (χ3n) is 8.27. The van der Waals surface area contributed by atoms with Crippen LogP contribution in [0.25, 0.3) is 0 Å². The number of carbonyl (C=O) groups excluding carboxylic acids is 2. The number of piperidine rings is 1. The number of anilines is 1. The molecule has 37 heavy (non-hydrogen) atoms. The van der Waals surface area contributed by atoms with Crippen molar-refractivity contribution in [3.05, 3.63) is 52.7 Å². The lowest BCUT2D eigenvalue weighted by Crippen LogP contribution is -2.39. The number of benzene rings is 1. The number of pyridine rings is 1. The van der Waals surface area contributed by atoms with Crippen LogP contribution >= 0.6 is 0 Å². The zero-order chi connectivity index (χ0) is 25.6. The van der Waals surface area contributed by atoms with Crippen molar-refractivity contribution in [3.8, 4) is 5.75 Å². The summed E-state index contributed by atoms with van der Waals surface area (Å²) in [5.41, 5.74) is 4.86. The molecule has 1 N–H and O–H groups in total. The monoisotopic (exact) mass is 505 g/mol. The molecule has 1 fully saturated rings. The van der Waals surface area contributed by atoms with Gasteiger partial charge in [-0.15, -0.1) is 0 Å². The number of ether oxygens (including phenoxy) is 2. The highest BCUT2D eigenvalue weighted by Gasteiger charge is 2.30. The highest BCUT2D eigenvalue weighted by molar-refractivity contribution is 5.76. The molecule has 7 nitrogen and oxygen atoms in total. The molecule has 4 heterocycles. The second-order valence-electron chi connectivity index (χ2n) is 10.6. The average molecular weight is 506 g/mol. The molecule has 3 aliphatic rings. The number of aromatic nitrogens is 1. The number of carbonyl (C=O) groups is 2. The highest BCUT2D eigenvalue weighted by Crippen LogP contribution is 2.39. The Morgan fingerprint density at radius 1 is 1.14 bits per heavy atom. The van der Waals surface area contributed by atoms with Gasteiger partial charge in [0.15, 0.2) is 0 Å². The van der Waals surface area contributed by atoms with Crippen molar-refractivity contribution < 1.29 is 19.1 Å². The summed E-state index contributed by atoms with van der Waals surface area (Å²) in [6, 6.07) is 10.8. The number of rotatable bonds is 9. The lowest BCUT2D eigenvalue weighted by atomic mass is 9.77. The Hall–Kier alpha value is -3.09. The minimum atomic E-state index is -0.167. The van der Waals surface area contributed by atoms with Gasteiger partial charge < -0.3 is 19.7 Å². The van der Waals surface area contributed by atoms with Crippen LogP contribution in [-0.4, -0.2) is 55.1 Å². The fourth-order valence-corrected chi connectivity index (χ4v) is 6.10. The van der Waals surface area contributed by atoms with E-state index in [0.29, 0.717) is 18.8 Å². The second kappa shape index (κ2) is 12.0. The van der Waals surface area contributed by atoms with Crippen LogP contribution in [0.3, 0.4) is 0 Å². The largest absolute Gasteiger partial charge is 0.493 e. The number of methoxy groups -OCH3 is 1. The fourth-order valence-electron chi connectivity index (χ4n) is 6.10. The molecule has 0 aliphatic carbocycles. The molecule has 0 radical (unpaired) electrons. The molecule has 3 aliphatic heterocycles. The number of likely N-dealkylation sites (tertiary alicyclic amines) is 1. The molecule has 198 valence electrons. The molecule has 1 aromatic carbocycles. The first kappa shape index (κ1) is 25.6. The Bertz CT molecular complexity index is 1110. The van der Waals surface area contributed by atoms with Gasteiger partial charge >= 0.3 is 5.97 Å². The Balaban J connectivity index is 1.14. The number of hydrogen-bond acceptors (Lipinski definition) is 6. The van der Waals surface area contributed by atoms with Crippen molar-refractivity contribution in [2.45, 2.75) is 70.1 Å². The standard InChI is InChI=1S/C30H39N3O4/c1-36-29(35)12-11-26(24-8-7-22-15-19-37-27(22)20-24)21-13-17-33(18-14-21)28(34)6-2-5-25-10-9-23-4-3-16-31-30(23)32-25/h7-10,20-21,26H,2-6,11-19H2,1H3,(H,31,32). The number of esters is 1. The van der Waals surface area contributed by atoms with Crippen molar-refractivity contribution in [2.24, 2.45) is 5.92 Å². The van der Waals surface area contributed by atoms with E-state index < -0.39 is 0 Å². The third-order valence-corrected chi connectivity index (χ3v) is 8.27. The predicted octanol–water partition coefficient (Wildman–Crippen LogP) is 4.67. The Labute approximate surface area is 219 Å². The van der Waals surface area contributed by atoms with E-state index in [1.54, 1.807) is 0 Å². The summed E-state index contributed by atoms with van der Waals surface area (Å²) in [5, 5.41) is 3.39. The minimum Gasteiger partial charge on any atom is -0.493 e. The van der Waals surface area contributed by atoms with Crippen molar-refractivity contribution in [1.82, 2.24) is 9.88 Å². The lowest BCUT2D eigenvalue weighted by Gasteiger charge is -2.36. The summed E-state index contributed by atoms with van der Waals surface area (Å²) in [4.78, 5) is 31.7. The third kappa shape index (κ3) is 6.25. The smallest absolute Gasteiger partial charge is 0.305 e. The van der Waals surface area contributed by atoms with Gasteiger partial charge in [0, 0.05) is 44.6 Å². The molecule has 7 heteroatoms. The van der Waals surface area contributed by atoms with Gasteiger partial charge in [-0.25, -0.2) is 4.98 Å². The van der Waals surface area contributed by atoms with E-state index in [2.05, 4.69) is 35.6 Å². The van der Waals surface area contributed by atoms with E-state index in [1.165, 1.54) is 23.8 Å². The van der Waals surface area contributed by atoms with Crippen molar-refractivity contribution in [3.63, 3.8) is 0 Å². The van der Waals surface area contributed by atoms with E-state index in [4.69, 9.17) is 14.5 Å². The number of nitrogens with zero attached hydrogens (tertiary/aromatic N) is 2. The first-order chi connectivity index (χ1) is 18.1. The fraction of sp³-hybridized carbons (Fsp3) is 0.567. The topological polar surface area (TPSA) is 80.8 Å². The molecule has 2 aromatic rings. The maximum Gasteiger partial charge on any atom is 0.305 e. The predicted molar refractivity (Wildman–Crippen MR) is 143 cm³/mol. The summed E-state index contributed by atoms with van der Waals surface area (Å²) in [5.74, 6) is 2.77. The molecular formula is C30H39N3O4. The number of nitrogens with one attached hydrogen (secondary N) is 1. The highest BCUT2D eigenvalue weighted by atomic mass is 16.5. The summed E-state index contributed by atoms with van der Waals surface area (Å²) in [6.07, 6.45) is 8.49. The molecule has 1 saturated heterocycles. The number of hydrogen-bond donors (Lipinski definition) is 1. The van der Waals surface area contributed by atoms with Gasteiger partial charge in [-0.3, -0.25) is 9.59 Å². The van der Waals surface area contributed by atoms with E-state index in [-0.39, 0.29) is 17.8 Å².